The molecule has 6 rings (SSSR count). The summed E-state index contributed by atoms with van der Waals surface area (Å²) < 4.78 is 35.5. The van der Waals surface area contributed by atoms with Gasteiger partial charge in [0.05, 0.1) is 23.6 Å². The number of amides is 1. The number of aryl methyl sites for hydroxylation is 1. The first-order valence-corrected chi connectivity index (χ1v) is 17.9. The Labute approximate surface area is 261 Å². The summed E-state index contributed by atoms with van der Waals surface area (Å²) in [6.45, 7) is 7.57. The minimum Gasteiger partial charge on any atom is -0.490 e. The molecule has 0 unspecified atom stereocenters. The van der Waals surface area contributed by atoms with E-state index in [-0.39, 0.29) is 17.3 Å². The molecule has 1 saturated carbocycles. The van der Waals surface area contributed by atoms with Crippen LogP contribution in [0.25, 0.3) is 0 Å². The van der Waals surface area contributed by atoms with E-state index in [9.17, 15) is 18.3 Å². The molecule has 0 radical (unpaired) electrons. The van der Waals surface area contributed by atoms with Crippen LogP contribution in [0.1, 0.15) is 87.2 Å². The monoisotopic (exact) mass is 628 g/mol. The highest BCUT2D eigenvalue weighted by atomic mass is 35.5. The lowest BCUT2D eigenvalue weighted by Gasteiger charge is -2.47. The smallest absolute Gasteiger partial charge is 0.264 e. The summed E-state index contributed by atoms with van der Waals surface area (Å²) in [5, 5.41) is 10.9. The van der Waals surface area contributed by atoms with Crippen LogP contribution in [0.5, 0.6) is 5.75 Å². The summed E-state index contributed by atoms with van der Waals surface area (Å²) in [4.78, 5) is 15.8. The number of ether oxygens (including phenoxy) is 1. The second-order valence-corrected chi connectivity index (χ2v) is 16.3. The van der Waals surface area contributed by atoms with Crippen LogP contribution in [-0.2, 0) is 21.9 Å². The van der Waals surface area contributed by atoms with E-state index in [1.807, 2.05) is 32.0 Å². The van der Waals surface area contributed by atoms with Gasteiger partial charge >= 0.3 is 0 Å². The highest BCUT2D eigenvalue weighted by Crippen LogP contribution is 2.48. The molecule has 9 heteroatoms. The maximum atomic E-state index is 13.4. The van der Waals surface area contributed by atoms with Gasteiger partial charge in [-0.05, 0) is 124 Å². The lowest BCUT2D eigenvalue weighted by molar-refractivity contribution is 0.0112. The molecule has 4 aliphatic rings. The Morgan fingerprint density at radius 2 is 1.91 bits per heavy atom. The van der Waals surface area contributed by atoms with Crippen molar-refractivity contribution in [3.63, 3.8) is 0 Å². The third kappa shape index (κ3) is 5.91. The Hall–Kier alpha value is -2.29. The fourth-order valence-electron chi connectivity index (χ4n) is 8.23. The van der Waals surface area contributed by atoms with Crippen LogP contribution in [0.2, 0.25) is 5.02 Å². The number of anilines is 1. The zero-order valence-electron chi connectivity index (χ0n) is 25.5. The van der Waals surface area contributed by atoms with Crippen LogP contribution in [0.4, 0.5) is 5.69 Å². The summed E-state index contributed by atoms with van der Waals surface area (Å²) >= 11 is 6.41. The number of aliphatic hydroxyl groups excluding tert-OH is 1. The van der Waals surface area contributed by atoms with E-state index in [0.717, 1.165) is 75.2 Å². The van der Waals surface area contributed by atoms with Crippen molar-refractivity contribution in [1.82, 2.24) is 4.72 Å². The number of aliphatic hydroxyl groups is 1. The van der Waals surface area contributed by atoms with Gasteiger partial charge in [-0.3, -0.25) is 4.79 Å². The molecule has 2 heterocycles. The molecule has 0 saturated heterocycles. The Morgan fingerprint density at radius 3 is 2.65 bits per heavy atom. The van der Waals surface area contributed by atoms with Crippen molar-refractivity contribution in [3.8, 4) is 5.75 Å². The highest BCUT2D eigenvalue weighted by molar-refractivity contribution is 7.90. The first-order valence-electron chi connectivity index (χ1n) is 16.0. The number of nitrogens with one attached hydrogen (secondary N) is 1. The van der Waals surface area contributed by atoms with Gasteiger partial charge in [0.2, 0.25) is 10.0 Å². The number of fused-ring (bicyclic) bond motifs is 4. The first-order chi connectivity index (χ1) is 20.5. The van der Waals surface area contributed by atoms with E-state index in [4.69, 9.17) is 16.3 Å². The second-order valence-electron chi connectivity index (χ2n) is 13.8. The van der Waals surface area contributed by atoms with Crippen LogP contribution >= 0.6 is 11.6 Å². The predicted octanol–water partition coefficient (Wildman–Crippen LogP) is 6.10. The quantitative estimate of drug-likeness (QED) is 0.396. The van der Waals surface area contributed by atoms with Crippen LogP contribution in [0, 0.1) is 23.7 Å². The van der Waals surface area contributed by atoms with Gasteiger partial charge in [-0.2, -0.15) is 0 Å². The Morgan fingerprint density at radius 1 is 1.09 bits per heavy atom. The third-order valence-electron chi connectivity index (χ3n) is 11.1. The molecule has 0 aromatic heterocycles. The Balaban J connectivity index is 1.42. The van der Waals surface area contributed by atoms with E-state index in [0.29, 0.717) is 29.8 Å². The zero-order valence-corrected chi connectivity index (χ0v) is 27.1. The molecule has 234 valence electrons. The van der Waals surface area contributed by atoms with E-state index in [2.05, 4.69) is 21.8 Å². The molecular weight excluding hydrogens is 584 g/mol. The maximum absolute atomic E-state index is 13.4. The molecular formula is C34H45ClN2O5S. The van der Waals surface area contributed by atoms with Crippen LogP contribution < -0.4 is 14.4 Å². The van der Waals surface area contributed by atoms with E-state index in [1.54, 1.807) is 13.0 Å². The summed E-state index contributed by atoms with van der Waals surface area (Å²) in [5.74, 6) is 0.968. The molecule has 43 heavy (non-hydrogen) atoms. The van der Waals surface area contributed by atoms with Gasteiger partial charge < -0.3 is 14.7 Å². The lowest BCUT2D eigenvalue weighted by Crippen LogP contribution is -2.49. The normalized spacial score (nSPS) is 33.2. The number of carbonyl (C=O) groups excluding carboxylic acids is 1. The molecule has 2 aliphatic heterocycles. The van der Waals surface area contributed by atoms with Crippen molar-refractivity contribution in [2.75, 3.05) is 24.6 Å². The summed E-state index contributed by atoms with van der Waals surface area (Å²) in [5.41, 5.74) is 3.45. The molecule has 2 aromatic rings. The minimum atomic E-state index is -3.88. The average Bonchev–Trinajstić information content (AvgIpc) is 3.10. The number of benzene rings is 2. The maximum Gasteiger partial charge on any atom is 0.264 e. The van der Waals surface area contributed by atoms with E-state index >= 15 is 0 Å². The summed E-state index contributed by atoms with van der Waals surface area (Å²) in [6.07, 6.45) is 7.22. The van der Waals surface area contributed by atoms with Gasteiger partial charge in [0, 0.05) is 29.1 Å². The van der Waals surface area contributed by atoms with E-state index in [1.165, 1.54) is 11.1 Å². The number of nitrogens with zero attached hydrogens (tertiary/aromatic N) is 1. The number of hydrogen-bond donors (Lipinski definition) is 2. The molecule has 1 amide bonds. The molecule has 7 atom stereocenters. The van der Waals surface area contributed by atoms with Gasteiger partial charge in [0.15, 0.2) is 0 Å². The van der Waals surface area contributed by atoms with Crippen molar-refractivity contribution in [2.24, 2.45) is 23.7 Å². The van der Waals surface area contributed by atoms with E-state index < -0.39 is 27.3 Å². The molecule has 2 N–H and O–H groups in total. The van der Waals surface area contributed by atoms with Crippen LogP contribution in [0.3, 0.4) is 0 Å². The van der Waals surface area contributed by atoms with Gasteiger partial charge in [-0.25, -0.2) is 13.1 Å². The van der Waals surface area contributed by atoms with Crippen molar-refractivity contribution >= 4 is 33.2 Å². The molecule has 1 spiro atoms. The second kappa shape index (κ2) is 11.9. The number of rotatable bonds is 1. The average molecular weight is 629 g/mol. The first kappa shape index (κ1) is 30.7. The summed E-state index contributed by atoms with van der Waals surface area (Å²) in [7, 11) is -3.88. The van der Waals surface area contributed by atoms with Gasteiger partial charge in [-0.1, -0.05) is 31.0 Å². The van der Waals surface area contributed by atoms with Gasteiger partial charge in [0.1, 0.15) is 5.75 Å². The molecule has 2 bridgehead atoms. The summed E-state index contributed by atoms with van der Waals surface area (Å²) in [6, 6.07) is 11.5. The van der Waals surface area contributed by atoms with Crippen LogP contribution in [-0.4, -0.2) is 50.5 Å². The SMILES string of the molecule is C[C@H](O)[C@@H]1CCC[C@H](C)[C@@H](C)S(=O)(=O)NC(=O)c2ccc3c(c2)N(C[C@@H]2CC[C@H]21)C[C@@]1(CCCc2cc(Cl)ccc21)CO3. The fourth-order valence-corrected chi connectivity index (χ4v) is 9.74. The number of hydrogen-bond acceptors (Lipinski definition) is 6. The van der Waals surface area contributed by atoms with Gasteiger partial charge in [-0.15, -0.1) is 0 Å². The highest BCUT2D eigenvalue weighted by Gasteiger charge is 2.45. The van der Waals surface area contributed by atoms with Crippen molar-refractivity contribution < 1.29 is 23.1 Å². The molecule has 7 nitrogen and oxygen atoms in total. The topological polar surface area (TPSA) is 95.9 Å². The van der Waals surface area contributed by atoms with Crippen molar-refractivity contribution in [3.05, 3.63) is 58.1 Å². The Bertz CT molecular complexity index is 1480. The molecule has 1 fully saturated rings. The van der Waals surface area contributed by atoms with Crippen LogP contribution in [0.15, 0.2) is 36.4 Å². The zero-order chi connectivity index (χ0) is 30.5. The predicted molar refractivity (Wildman–Crippen MR) is 170 cm³/mol. The van der Waals surface area contributed by atoms with Crippen molar-refractivity contribution in [2.45, 2.75) is 88.9 Å². The fraction of sp³-hybridized carbons (Fsp3) is 0.618. The van der Waals surface area contributed by atoms with Gasteiger partial charge in [0.25, 0.3) is 5.91 Å². The largest absolute Gasteiger partial charge is 0.490 e. The lowest BCUT2D eigenvalue weighted by atomic mass is 9.64. The minimum absolute atomic E-state index is 0.120. The van der Waals surface area contributed by atoms with Crippen molar-refractivity contribution in [1.29, 1.82) is 0 Å². The standard InChI is InChI=1S/C34H45ClN2O5S/c1-21-6-4-8-28(22(2)38)29-12-9-26(29)18-37-19-34(15-5-7-24-16-27(35)11-13-30(24)34)20-42-32-14-10-25(17-31(32)37)33(39)36-43(40,41)23(21)3/h10-11,13-14,16-17,21-23,26,28-29,38H,4-9,12,15,18-20H2,1-3H3,(H,36,39)/t21-,22-,23+,26-,28-,29+,34-/m0/s1. The number of sulfonamides is 1. The molecule has 2 aromatic carbocycles. The number of halogens is 1. The number of carbonyl (C=O) groups is 1. The Kier molecular flexibility index (Phi) is 8.50. The third-order valence-corrected chi connectivity index (χ3v) is 13.3. The molecule has 2 aliphatic carbocycles.